The van der Waals surface area contributed by atoms with Crippen molar-refractivity contribution in [1.82, 2.24) is 19.8 Å². The molecule has 0 unspecified atom stereocenters. The summed E-state index contributed by atoms with van der Waals surface area (Å²) in [6.07, 6.45) is 3.03. The fourth-order valence-electron chi connectivity index (χ4n) is 3.00. The number of ether oxygens (including phenoxy) is 1. The van der Waals surface area contributed by atoms with Gasteiger partial charge in [0.05, 0.1) is 25.7 Å². The largest absolute Gasteiger partial charge is 0.497 e. The van der Waals surface area contributed by atoms with Gasteiger partial charge in [0.25, 0.3) is 5.91 Å². The summed E-state index contributed by atoms with van der Waals surface area (Å²) in [6.45, 7) is 0.410. The van der Waals surface area contributed by atoms with Crippen molar-refractivity contribution in [1.29, 1.82) is 0 Å². The van der Waals surface area contributed by atoms with Crippen LogP contribution in [-0.2, 0) is 0 Å². The molecule has 0 aliphatic heterocycles. The van der Waals surface area contributed by atoms with Gasteiger partial charge in [-0.15, -0.1) is 0 Å². The van der Waals surface area contributed by atoms with Crippen molar-refractivity contribution in [3.63, 3.8) is 0 Å². The number of rotatable bonds is 7. The van der Waals surface area contributed by atoms with E-state index >= 15 is 0 Å². The number of benzene rings is 2. The molecule has 6 nitrogen and oxygen atoms in total. The Balaban J connectivity index is 1.75. The fraction of sp³-hybridized carbons (Fsp3) is 0.238. The Morgan fingerprint density at radius 1 is 1.25 bits per heavy atom. The zero-order valence-electron chi connectivity index (χ0n) is 16.1. The average Bonchev–Trinajstić information content (AvgIpc) is 3.18. The lowest BCUT2D eigenvalue weighted by molar-refractivity contribution is 0.0935. The standard InChI is InChI=1S/C21H23FN4O2/c1-25(2)19(15-5-4-6-18(11-15)28-3)13-24-21(27)20-12-23-14-26(20)17-9-7-16(22)8-10-17/h4-12,14,19H,13H2,1-3H3,(H,24,27)/t19-/m1/s1. The van der Waals surface area contributed by atoms with Gasteiger partial charge in [0.15, 0.2) is 0 Å². The average molecular weight is 382 g/mol. The van der Waals surface area contributed by atoms with E-state index in [1.165, 1.54) is 24.7 Å². The summed E-state index contributed by atoms with van der Waals surface area (Å²) in [5.41, 5.74) is 2.09. The third-order valence-electron chi connectivity index (χ3n) is 4.53. The van der Waals surface area contributed by atoms with Gasteiger partial charge in [-0.2, -0.15) is 0 Å². The van der Waals surface area contributed by atoms with E-state index in [4.69, 9.17) is 4.74 Å². The lowest BCUT2D eigenvalue weighted by Gasteiger charge is -2.25. The molecular formula is C21H23FN4O2. The molecular weight excluding hydrogens is 359 g/mol. The van der Waals surface area contributed by atoms with E-state index in [9.17, 15) is 9.18 Å². The molecule has 0 spiro atoms. The second-order valence-electron chi connectivity index (χ2n) is 6.59. The number of methoxy groups -OCH3 is 1. The topological polar surface area (TPSA) is 59.4 Å². The van der Waals surface area contributed by atoms with Crippen LogP contribution in [0.25, 0.3) is 5.69 Å². The van der Waals surface area contributed by atoms with Gasteiger partial charge in [-0.25, -0.2) is 9.37 Å². The third kappa shape index (κ3) is 4.37. The van der Waals surface area contributed by atoms with E-state index in [1.54, 1.807) is 23.8 Å². The number of aromatic nitrogens is 2. The highest BCUT2D eigenvalue weighted by Crippen LogP contribution is 2.22. The summed E-state index contributed by atoms with van der Waals surface area (Å²) in [4.78, 5) is 18.9. The minimum atomic E-state index is -0.331. The normalized spacial score (nSPS) is 12.0. The Bertz CT molecular complexity index is 938. The minimum Gasteiger partial charge on any atom is -0.497 e. The van der Waals surface area contributed by atoms with Crippen LogP contribution >= 0.6 is 0 Å². The summed E-state index contributed by atoms with van der Waals surface area (Å²) < 4.78 is 20.1. The number of hydrogen-bond donors (Lipinski definition) is 1. The van der Waals surface area contributed by atoms with Crippen LogP contribution in [0.4, 0.5) is 4.39 Å². The number of likely N-dealkylation sites (N-methyl/N-ethyl adjacent to an activating group) is 1. The van der Waals surface area contributed by atoms with Crippen LogP contribution in [0.5, 0.6) is 5.75 Å². The molecule has 7 heteroatoms. The maximum atomic E-state index is 13.2. The van der Waals surface area contributed by atoms with Gasteiger partial charge in [0, 0.05) is 12.2 Å². The maximum Gasteiger partial charge on any atom is 0.269 e. The van der Waals surface area contributed by atoms with Gasteiger partial charge < -0.3 is 15.0 Å². The van der Waals surface area contributed by atoms with Crippen LogP contribution in [0.2, 0.25) is 0 Å². The van der Waals surface area contributed by atoms with Crippen molar-refractivity contribution in [2.45, 2.75) is 6.04 Å². The van der Waals surface area contributed by atoms with Crippen LogP contribution in [0, 0.1) is 5.82 Å². The van der Waals surface area contributed by atoms with Crippen molar-refractivity contribution < 1.29 is 13.9 Å². The first-order valence-corrected chi connectivity index (χ1v) is 8.86. The highest BCUT2D eigenvalue weighted by Gasteiger charge is 2.18. The Morgan fingerprint density at radius 3 is 2.68 bits per heavy atom. The first-order chi connectivity index (χ1) is 13.5. The first-order valence-electron chi connectivity index (χ1n) is 8.86. The molecule has 0 aliphatic rings. The van der Waals surface area contributed by atoms with Crippen molar-refractivity contribution in [3.05, 3.63) is 78.1 Å². The van der Waals surface area contributed by atoms with Gasteiger partial charge in [-0.3, -0.25) is 9.36 Å². The maximum absolute atomic E-state index is 13.2. The SMILES string of the molecule is COc1cccc([C@@H](CNC(=O)c2cncn2-c2ccc(F)cc2)N(C)C)c1. The van der Waals surface area contributed by atoms with Gasteiger partial charge in [-0.1, -0.05) is 12.1 Å². The second-order valence-corrected chi connectivity index (χ2v) is 6.59. The molecule has 0 fully saturated rings. The van der Waals surface area contributed by atoms with E-state index in [0.29, 0.717) is 17.9 Å². The van der Waals surface area contributed by atoms with Gasteiger partial charge >= 0.3 is 0 Å². The van der Waals surface area contributed by atoms with E-state index in [0.717, 1.165) is 11.3 Å². The summed E-state index contributed by atoms with van der Waals surface area (Å²) in [7, 11) is 5.54. The number of nitrogens with one attached hydrogen (secondary N) is 1. The molecule has 3 rings (SSSR count). The van der Waals surface area contributed by atoms with E-state index in [1.807, 2.05) is 43.3 Å². The van der Waals surface area contributed by atoms with Crippen LogP contribution in [0.3, 0.4) is 0 Å². The lowest BCUT2D eigenvalue weighted by Crippen LogP contribution is -2.35. The molecule has 0 radical (unpaired) electrons. The Labute approximate surface area is 163 Å². The molecule has 1 amide bonds. The number of carbonyl (C=O) groups excluding carboxylic acids is 1. The van der Waals surface area contributed by atoms with Gasteiger partial charge in [-0.05, 0) is 56.1 Å². The molecule has 0 saturated heterocycles. The van der Waals surface area contributed by atoms with Crippen LogP contribution in [0.1, 0.15) is 22.1 Å². The monoisotopic (exact) mass is 382 g/mol. The number of carbonyl (C=O) groups is 1. The predicted octanol–water partition coefficient (Wildman–Crippen LogP) is 3.05. The van der Waals surface area contributed by atoms with Crippen molar-refractivity contribution >= 4 is 5.91 Å². The van der Waals surface area contributed by atoms with Gasteiger partial charge in [0.1, 0.15) is 17.3 Å². The second kappa shape index (κ2) is 8.67. The van der Waals surface area contributed by atoms with E-state index in [2.05, 4.69) is 10.3 Å². The Morgan fingerprint density at radius 2 is 2.00 bits per heavy atom. The molecule has 0 aliphatic carbocycles. The van der Waals surface area contributed by atoms with E-state index < -0.39 is 0 Å². The molecule has 0 saturated carbocycles. The number of nitrogens with zero attached hydrogens (tertiary/aromatic N) is 3. The fourth-order valence-corrected chi connectivity index (χ4v) is 3.00. The number of hydrogen-bond acceptors (Lipinski definition) is 4. The summed E-state index contributed by atoms with van der Waals surface area (Å²) in [6, 6.07) is 13.7. The molecule has 1 heterocycles. The number of amides is 1. The molecule has 2 aromatic carbocycles. The zero-order chi connectivity index (χ0) is 20.1. The highest BCUT2D eigenvalue weighted by molar-refractivity contribution is 5.93. The predicted molar refractivity (Wildman–Crippen MR) is 105 cm³/mol. The highest BCUT2D eigenvalue weighted by atomic mass is 19.1. The molecule has 0 bridgehead atoms. The summed E-state index contributed by atoms with van der Waals surface area (Å²) in [5, 5.41) is 2.97. The minimum absolute atomic E-state index is 0.0266. The smallest absolute Gasteiger partial charge is 0.269 e. The molecule has 3 aromatic rings. The molecule has 1 N–H and O–H groups in total. The van der Waals surface area contributed by atoms with Crippen LogP contribution in [0.15, 0.2) is 61.1 Å². The first kappa shape index (κ1) is 19.6. The summed E-state index contributed by atoms with van der Waals surface area (Å²) in [5.74, 6) is 0.184. The molecule has 28 heavy (non-hydrogen) atoms. The lowest BCUT2D eigenvalue weighted by atomic mass is 10.1. The van der Waals surface area contributed by atoms with Crippen molar-refractivity contribution in [2.24, 2.45) is 0 Å². The number of halogens is 1. The van der Waals surface area contributed by atoms with Gasteiger partial charge in [0.2, 0.25) is 0 Å². The molecule has 1 aromatic heterocycles. The molecule has 146 valence electrons. The van der Waals surface area contributed by atoms with Crippen LogP contribution < -0.4 is 10.1 Å². The van der Waals surface area contributed by atoms with E-state index in [-0.39, 0.29) is 17.8 Å². The van der Waals surface area contributed by atoms with Crippen molar-refractivity contribution in [3.8, 4) is 11.4 Å². The Hall–Kier alpha value is -3.19. The van der Waals surface area contributed by atoms with Crippen LogP contribution in [-0.4, -0.2) is 48.1 Å². The quantitative estimate of drug-likeness (QED) is 0.682. The Kier molecular flexibility index (Phi) is 6.06. The molecule has 1 atom stereocenters. The van der Waals surface area contributed by atoms with Crippen molar-refractivity contribution in [2.75, 3.05) is 27.7 Å². The zero-order valence-corrected chi connectivity index (χ0v) is 16.1. The summed E-state index contributed by atoms with van der Waals surface area (Å²) >= 11 is 0. The number of imidazole rings is 1. The third-order valence-corrected chi connectivity index (χ3v) is 4.53.